The summed E-state index contributed by atoms with van der Waals surface area (Å²) in [7, 11) is 0. The maximum absolute atomic E-state index is 6.22. The van der Waals surface area contributed by atoms with Crippen LogP contribution in [0.15, 0.2) is 0 Å². The summed E-state index contributed by atoms with van der Waals surface area (Å²) in [4.78, 5) is 0. The normalized spacial score (nSPS) is 12.6. The molecule has 0 aliphatic rings. The molecule has 2 unspecified atom stereocenters. The number of ether oxygens (including phenoxy) is 3. The average molecular weight is 683 g/mol. The van der Waals surface area contributed by atoms with Crippen LogP contribution in [0.25, 0.3) is 0 Å². The van der Waals surface area contributed by atoms with Crippen molar-refractivity contribution in [3.8, 4) is 0 Å². The fourth-order valence-corrected chi connectivity index (χ4v) is 6.59. The lowest BCUT2D eigenvalue weighted by atomic mass is 10.0. The van der Waals surface area contributed by atoms with Gasteiger partial charge in [0.15, 0.2) is 0 Å². The summed E-state index contributed by atoms with van der Waals surface area (Å²) < 4.78 is 18.1. The predicted molar refractivity (Wildman–Crippen MR) is 217 cm³/mol. The molecule has 0 aliphatic carbocycles. The van der Waals surface area contributed by atoms with E-state index < -0.39 is 0 Å². The van der Waals surface area contributed by atoms with Gasteiger partial charge >= 0.3 is 0 Å². The Hall–Kier alpha value is -0.120. The van der Waals surface area contributed by atoms with Crippen LogP contribution >= 0.6 is 0 Å². The highest BCUT2D eigenvalue weighted by atomic mass is 16.6. The fourth-order valence-electron chi connectivity index (χ4n) is 6.59. The molecule has 0 aromatic rings. The van der Waals surface area contributed by atoms with Crippen molar-refractivity contribution in [2.45, 2.75) is 266 Å². The number of unbranched alkanes of at least 4 members (excludes halogenated alkanes) is 30. The zero-order valence-electron chi connectivity index (χ0n) is 34.5. The molecule has 0 saturated heterocycles. The highest BCUT2D eigenvalue weighted by Gasteiger charge is 2.12. The van der Waals surface area contributed by atoms with E-state index in [0.717, 1.165) is 26.2 Å². The van der Waals surface area contributed by atoms with Gasteiger partial charge in [0.05, 0.1) is 25.4 Å². The lowest BCUT2D eigenvalue weighted by Crippen LogP contribution is -2.27. The van der Waals surface area contributed by atoms with Gasteiger partial charge in [0.2, 0.25) is 0 Å². The Balaban J connectivity index is 0. The van der Waals surface area contributed by atoms with Gasteiger partial charge in [-0.2, -0.15) is 0 Å². The molecule has 0 rings (SSSR count). The third kappa shape index (κ3) is 43.9. The molecule has 2 atom stereocenters. The second-order valence-corrected chi connectivity index (χ2v) is 14.7. The maximum atomic E-state index is 6.22. The lowest BCUT2D eigenvalue weighted by molar-refractivity contribution is -0.0795. The molecule has 0 aromatic carbocycles. The molecule has 0 amide bonds. The van der Waals surface area contributed by atoms with Gasteiger partial charge < -0.3 is 14.2 Å². The first-order valence-electron chi connectivity index (χ1n) is 22.5. The van der Waals surface area contributed by atoms with Crippen molar-refractivity contribution in [3.05, 3.63) is 0 Å². The van der Waals surface area contributed by atoms with Crippen LogP contribution in [0.2, 0.25) is 0 Å². The van der Waals surface area contributed by atoms with Gasteiger partial charge in [-0.15, -0.1) is 0 Å². The second kappa shape index (κ2) is 46.9. The number of hydrogen-bond donors (Lipinski definition) is 0. The topological polar surface area (TPSA) is 27.7 Å². The summed E-state index contributed by atoms with van der Waals surface area (Å²) >= 11 is 0. The van der Waals surface area contributed by atoms with E-state index in [1.807, 2.05) is 13.8 Å². The summed E-state index contributed by atoms with van der Waals surface area (Å²) in [6.45, 7) is 16.1. The molecule has 0 aliphatic heterocycles. The molecule has 0 saturated carbocycles. The van der Waals surface area contributed by atoms with Gasteiger partial charge in [0, 0.05) is 13.2 Å². The van der Waals surface area contributed by atoms with Crippen molar-refractivity contribution in [1.82, 2.24) is 0 Å². The summed E-state index contributed by atoms with van der Waals surface area (Å²) in [5.41, 5.74) is 0. The van der Waals surface area contributed by atoms with Gasteiger partial charge in [0.25, 0.3) is 0 Å². The monoisotopic (exact) mass is 683 g/mol. The van der Waals surface area contributed by atoms with Crippen molar-refractivity contribution in [2.75, 3.05) is 26.4 Å². The molecule has 292 valence electrons. The van der Waals surface area contributed by atoms with Crippen LogP contribution in [-0.4, -0.2) is 38.6 Å². The van der Waals surface area contributed by atoms with E-state index >= 15 is 0 Å². The largest absolute Gasteiger partial charge is 0.379 e. The Bertz CT molecular complexity index is 524. The molecule has 48 heavy (non-hydrogen) atoms. The van der Waals surface area contributed by atoms with Crippen molar-refractivity contribution >= 4 is 0 Å². The maximum Gasteiger partial charge on any atom is 0.0810 e. The van der Waals surface area contributed by atoms with Crippen molar-refractivity contribution in [1.29, 1.82) is 0 Å². The molecule has 0 spiro atoms. The Morgan fingerprint density at radius 3 is 0.854 bits per heavy atom. The molecule has 0 heterocycles. The summed E-state index contributed by atoms with van der Waals surface area (Å²) in [6.07, 6.45) is 46.4. The quantitative estimate of drug-likeness (QED) is 0.0601. The Labute approximate surface area is 305 Å². The molecule has 0 N–H and O–H groups in total. The highest BCUT2D eigenvalue weighted by molar-refractivity contribution is 4.59. The van der Waals surface area contributed by atoms with Crippen molar-refractivity contribution < 1.29 is 14.2 Å². The summed E-state index contributed by atoms with van der Waals surface area (Å²) in [6, 6.07) is 0. The first-order chi connectivity index (χ1) is 23.7. The lowest BCUT2D eigenvalue weighted by Gasteiger charge is -2.21. The van der Waals surface area contributed by atoms with Gasteiger partial charge in [0.1, 0.15) is 0 Å². The van der Waals surface area contributed by atoms with Gasteiger partial charge in [-0.3, -0.25) is 0 Å². The fraction of sp³-hybridized carbons (Fsp3) is 1.00. The third-order valence-corrected chi connectivity index (χ3v) is 9.82. The van der Waals surface area contributed by atoms with Crippen molar-refractivity contribution in [2.24, 2.45) is 0 Å². The van der Waals surface area contributed by atoms with E-state index in [1.54, 1.807) is 0 Å². The molecular weight excluding hydrogens is 588 g/mol. The van der Waals surface area contributed by atoms with Crippen LogP contribution in [0.4, 0.5) is 0 Å². The molecule has 0 bridgehead atoms. The highest BCUT2D eigenvalue weighted by Crippen LogP contribution is 2.15. The van der Waals surface area contributed by atoms with Crippen molar-refractivity contribution in [3.63, 3.8) is 0 Å². The zero-order chi connectivity index (χ0) is 35.4. The summed E-state index contributed by atoms with van der Waals surface area (Å²) in [5.74, 6) is 0. The van der Waals surface area contributed by atoms with Crippen LogP contribution < -0.4 is 0 Å². The van der Waals surface area contributed by atoms with E-state index in [1.165, 1.54) is 205 Å². The Morgan fingerprint density at radius 2 is 0.583 bits per heavy atom. The van der Waals surface area contributed by atoms with Crippen LogP contribution in [-0.2, 0) is 14.2 Å². The molecule has 0 radical (unpaired) electrons. The summed E-state index contributed by atoms with van der Waals surface area (Å²) in [5, 5.41) is 0. The Morgan fingerprint density at radius 1 is 0.333 bits per heavy atom. The van der Waals surface area contributed by atoms with Gasteiger partial charge in [-0.1, -0.05) is 227 Å². The van der Waals surface area contributed by atoms with E-state index in [-0.39, 0.29) is 12.2 Å². The minimum atomic E-state index is 0.144. The van der Waals surface area contributed by atoms with Crippen LogP contribution in [0, 0.1) is 0 Å². The number of rotatable bonds is 41. The van der Waals surface area contributed by atoms with E-state index in [9.17, 15) is 0 Å². The molecule has 3 heteroatoms. The van der Waals surface area contributed by atoms with E-state index in [4.69, 9.17) is 14.2 Å². The van der Waals surface area contributed by atoms with Crippen LogP contribution in [0.5, 0.6) is 0 Å². The molecule has 0 aromatic heterocycles. The third-order valence-electron chi connectivity index (χ3n) is 9.82. The minimum absolute atomic E-state index is 0.144. The second-order valence-electron chi connectivity index (χ2n) is 14.7. The minimum Gasteiger partial charge on any atom is -0.379 e. The first kappa shape index (κ1) is 50.0. The zero-order valence-corrected chi connectivity index (χ0v) is 34.5. The van der Waals surface area contributed by atoms with Crippen LogP contribution in [0.3, 0.4) is 0 Å². The van der Waals surface area contributed by atoms with E-state index in [0.29, 0.717) is 6.61 Å². The van der Waals surface area contributed by atoms with Crippen LogP contribution in [0.1, 0.15) is 253 Å². The van der Waals surface area contributed by atoms with Gasteiger partial charge in [-0.05, 0) is 26.2 Å². The SMILES string of the molecule is CC.CCCCCCCCCCCCCCCCCCOCC(C)OC(CC)COCCCCCCCCCCCCCCCCCC. The standard InChI is InChI=1S/C43H88O3.C2H6/c1-5-8-10-12-14-16-18-20-22-24-26-28-30-32-34-36-38-44-40-42(4)46-43(7-3)41-45-39-37-35-33-31-29-27-25-23-21-19-17-15-13-11-9-6-2;1-2/h42-43H,5-41H2,1-4H3;1-2H3. The average Bonchev–Trinajstić information content (AvgIpc) is 3.10. The molecule has 3 nitrogen and oxygen atoms in total. The molecular formula is C45H94O3. The number of hydrogen-bond acceptors (Lipinski definition) is 3. The smallest absolute Gasteiger partial charge is 0.0810 e. The molecule has 0 fully saturated rings. The van der Waals surface area contributed by atoms with Gasteiger partial charge in [-0.25, -0.2) is 0 Å². The van der Waals surface area contributed by atoms with E-state index in [2.05, 4.69) is 27.7 Å². The first-order valence-corrected chi connectivity index (χ1v) is 22.5. The predicted octanol–water partition coefficient (Wildman–Crippen LogP) is 15.8. The Kier molecular flexibility index (Phi) is 48.8.